The minimum absolute atomic E-state index is 0.0447. The van der Waals surface area contributed by atoms with Gasteiger partial charge in [-0.25, -0.2) is 4.98 Å². The molecule has 11 aromatic rings. The Kier molecular flexibility index (Phi) is 6.59. The summed E-state index contributed by atoms with van der Waals surface area (Å²) in [5.74, 6) is 0. The van der Waals surface area contributed by atoms with E-state index in [0.717, 1.165) is 33.1 Å². The maximum absolute atomic E-state index is 5.38. The average Bonchev–Trinajstić information content (AvgIpc) is 3.75. The van der Waals surface area contributed by atoms with Crippen LogP contribution in [0.3, 0.4) is 0 Å². The number of hydrogen-bond donors (Lipinski definition) is 0. The Hall–Kier alpha value is -6.68. The van der Waals surface area contributed by atoms with E-state index in [4.69, 9.17) is 9.97 Å². The van der Waals surface area contributed by atoms with Crippen molar-refractivity contribution in [2.24, 2.45) is 0 Å². The Balaban J connectivity index is 1.02. The van der Waals surface area contributed by atoms with E-state index < -0.39 is 0 Å². The second-order valence-corrected chi connectivity index (χ2v) is 16.7. The lowest BCUT2D eigenvalue weighted by Crippen LogP contribution is -2.14. The Bertz CT molecular complexity index is 3430. The summed E-state index contributed by atoms with van der Waals surface area (Å²) in [5, 5.41) is 9.65. The van der Waals surface area contributed by atoms with Crippen molar-refractivity contribution in [2.75, 3.05) is 0 Å². The van der Waals surface area contributed by atoms with Crippen LogP contribution in [0, 0.1) is 0 Å². The molecule has 1 aliphatic carbocycles. The first-order valence-electron chi connectivity index (χ1n) is 19.3. The molecule has 0 aliphatic heterocycles. The number of hydrogen-bond acceptors (Lipinski definition) is 3. The number of fused-ring (bicyclic) bond motifs is 13. The molecule has 0 radical (unpaired) electrons. The molecule has 0 bridgehead atoms. The summed E-state index contributed by atoms with van der Waals surface area (Å²) in [7, 11) is 0. The predicted molar refractivity (Wildman–Crippen MR) is 239 cm³/mol. The van der Waals surface area contributed by atoms with Crippen molar-refractivity contribution in [3.05, 3.63) is 181 Å². The third kappa shape index (κ3) is 4.38. The lowest BCUT2D eigenvalue weighted by atomic mass is 9.81. The fourth-order valence-corrected chi connectivity index (χ4v) is 11.0. The van der Waals surface area contributed by atoms with Crippen LogP contribution in [-0.2, 0) is 5.41 Å². The van der Waals surface area contributed by atoms with Crippen molar-refractivity contribution >= 4 is 74.9 Å². The molecular weight excluding hydrogens is 697 g/mol. The lowest BCUT2D eigenvalue weighted by Gasteiger charge is -2.22. The van der Waals surface area contributed by atoms with Crippen molar-refractivity contribution in [3.8, 4) is 44.6 Å². The van der Waals surface area contributed by atoms with E-state index >= 15 is 0 Å². The fraction of sp³-hybridized carbons (Fsp3) is 0.0566. The molecule has 0 amide bonds. The molecule has 12 rings (SSSR count). The van der Waals surface area contributed by atoms with Gasteiger partial charge < -0.3 is 0 Å². The minimum atomic E-state index is -0.0447. The van der Waals surface area contributed by atoms with Crippen molar-refractivity contribution in [3.63, 3.8) is 0 Å². The van der Waals surface area contributed by atoms with Crippen LogP contribution in [0.4, 0.5) is 0 Å². The molecular formula is C53H34N2S. The Morgan fingerprint density at radius 3 is 1.66 bits per heavy atom. The maximum atomic E-state index is 5.38. The van der Waals surface area contributed by atoms with Crippen LogP contribution in [0.1, 0.15) is 25.0 Å². The third-order valence-corrected chi connectivity index (χ3v) is 13.6. The fourth-order valence-electron chi connectivity index (χ4n) is 9.64. The summed E-state index contributed by atoms with van der Waals surface area (Å²) in [6.07, 6.45) is 1.96. The highest BCUT2D eigenvalue weighted by Crippen LogP contribution is 2.51. The van der Waals surface area contributed by atoms with E-state index in [9.17, 15) is 0 Å². The van der Waals surface area contributed by atoms with Gasteiger partial charge in [0.25, 0.3) is 0 Å². The molecule has 262 valence electrons. The lowest BCUT2D eigenvalue weighted by molar-refractivity contribution is 0.660. The first-order valence-corrected chi connectivity index (χ1v) is 20.1. The zero-order valence-corrected chi connectivity index (χ0v) is 31.8. The number of benzene rings is 9. The van der Waals surface area contributed by atoms with E-state index in [0.29, 0.717) is 0 Å². The summed E-state index contributed by atoms with van der Waals surface area (Å²) in [6.45, 7) is 4.72. The zero-order chi connectivity index (χ0) is 37.1. The zero-order valence-electron chi connectivity index (χ0n) is 31.0. The van der Waals surface area contributed by atoms with Crippen LogP contribution in [0.2, 0.25) is 0 Å². The van der Waals surface area contributed by atoms with E-state index in [-0.39, 0.29) is 5.41 Å². The quantitative estimate of drug-likeness (QED) is 0.169. The summed E-state index contributed by atoms with van der Waals surface area (Å²) in [6, 6.07) is 60.0. The first-order chi connectivity index (χ1) is 27.5. The van der Waals surface area contributed by atoms with Crippen LogP contribution in [0.15, 0.2) is 170 Å². The van der Waals surface area contributed by atoms with Crippen LogP contribution in [0.25, 0.3) is 108 Å². The van der Waals surface area contributed by atoms with Gasteiger partial charge in [0, 0.05) is 47.5 Å². The summed E-state index contributed by atoms with van der Waals surface area (Å²) < 4.78 is 2.64. The molecule has 1 aliphatic rings. The molecule has 3 heteroatoms. The monoisotopic (exact) mass is 730 g/mol. The van der Waals surface area contributed by atoms with Gasteiger partial charge in [0.2, 0.25) is 0 Å². The van der Waals surface area contributed by atoms with Crippen molar-refractivity contribution < 1.29 is 0 Å². The molecule has 0 fully saturated rings. The van der Waals surface area contributed by atoms with Gasteiger partial charge in [0.05, 0.1) is 22.9 Å². The molecule has 2 heterocycles. The second-order valence-electron chi connectivity index (χ2n) is 15.6. The highest BCUT2D eigenvalue weighted by Gasteiger charge is 2.35. The Morgan fingerprint density at radius 2 is 0.911 bits per heavy atom. The normalized spacial score (nSPS) is 13.3. The molecule has 0 unspecified atom stereocenters. The molecule has 0 saturated heterocycles. The van der Waals surface area contributed by atoms with E-state index in [1.54, 1.807) is 0 Å². The van der Waals surface area contributed by atoms with Gasteiger partial charge in [-0.05, 0) is 66.6 Å². The van der Waals surface area contributed by atoms with Crippen molar-refractivity contribution in [1.29, 1.82) is 0 Å². The average molecular weight is 731 g/mol. The van der Waals surface area contributed by atoms with Gasteiger partial charge >= 0.3 is 0 Å². The van der Waals surface area contributed by atoms with Crippen LogP contribution < -0.4 is 0 Å². The van der Waals surface area contributed by atoms with Gasteiger partial charge in [-0.2, -0.15) is 0 Å². The molecule has 0 N–H and O–H groups in total. The first kappa shape index (κ1) is 31.6. The topological polar surface area (TPSA) is 25.8 Å². The third-order valence-electron chi connectivity index (χ3n) is 12.3. The van der Waals surface area contributed by atoms with E-state index in [1.165, 1.54) is 86.2 Å². The van der Waals surface area contributed by atoms with Crippen LogP contribution in [-0.4, -0.2) is 9.97 Å². The molecule has 9 aromatic carbocycles. The largest absolute Gasteiger partial charge is 0.252 e. The Morgan fingerprint density at radius 1 is 0.393 bits per heavy atom. The van der Waals surface area contributed by atoms with Gasteiger partial charge in [-0.3, -0.25) is 4.98 Å². The highest BCUT2D eigenvalue weighted by atomic mass is 32.1. The van der Waals surface area contributed by atoms with E-state index in [2.05, 4.69) is 178 Å². The SMILES string of the molecule is CC1(C)c2ccccc2-c2ccc(-c3cccc4c3sc3c(-c5ccc(-c6cnc7c8ccccc8c8ccccc8c7n6)c6ccccc56)cccc34)cc21. The molecule has 0 spiro atoms. The van der Waals surface area contributed by atoms with Crippen LogP contribution >= 0.6 is 11.3 Å². The van der Waals surface area contributed by atoms with Gasteiger partial charge in [0.1, 0.15) is 0 Å². The standard InChI is InChI=1S/C53H34N2S/c1-53(2)46-24-10-9-17-38(46)39-26-25-31(29-47(39)53)32-20-11-22-44-45-23-12-21-43(52(45)56-51(32)44)37-27-28-40(34-14-4-3-13-33(34)37)48-30-54-49-41-18-7-5-15-35(41)36-16-6-8-19-42(36)50(49)55-48/h3-30H,1-2H3. The summed E-state index contributed by atoms with van der Waals surface area (Å²) in [4.78, 5) is 10.5. The van der Waals surface area contributed by atoms with Gasteiger partial charge in [-0.15, -0.1) is 11.3 Å². The number of nitrogens with zero attached hydrogens (tertiary/aromatic N) is 2. The van der Waals surface area contributed by atoms with Gasteiger partial charge in [-0.1, -0.05) is 172 Å². The molecule has 0 saturated carbocycles. The number of rotatable bonds is 3. The summed E-state index contributed by atoms with van der Waals surface area (Å²) in [5.41, 5.74) is 14.4. The number of aromatic nitrogens is 2. The Labute approximate surface area is 328 Å². The van der Waals surface area contributed by atoms with Crippen molar-refractivity contribution in [1.82, 2.24) is 9.97 Å². The van der Waals surface area contributed by atoms with Crippen molar-refractivity contribution in [2.45, 2.75) is 19.3 Å². The number of thiophene rings is 1. The molecule has 0 atom stereocenters. The maximum Gasteiger partial charge on any atom is 0.0979 e. The predicted octanol–water partition coefficient (Wildman–Crippen LogP) is 14.8. The van der Waals surface area contributed by atoms with Gasteiger partial charge in [0.15, 0.2) is 0 Å². The summed E-state index contributed by atoms with van der Waals surface area (Å²) >= 11 is 1.92. The molecule has 2 nitrogen and oxygen atoms in total. The minimum Gasteiger partial charge on any atom is -0.252 e. The molecule has 2 aromatic heterocycles. The smallest absolute Gasteiger partial charge is 0.0979 e. The van der Waals surface area contributed by atoms with Crippen LogP contribution in [0.5, 0.6) is 0 Å². The second kappa shape index (κ2) is 11.7. The molecule has 56 heavy (non-hydrogen) atoms. The highest BCUT2D eigenvalue weighted by molar-refractivity contribution is 7.26. The van der Waals surface area contributed by atoms with E-state index in [1.807, 2.05) is 17.5 Å².